The Hall–Kier alpha value is -2.57. The van der Waals surface area contributed by atoms with E-state index in [4.69, 9.17) is 0 Å². The van der Waals surface area contributed by atoms with Crippen molar-refractivity contribution in [2.45, 2.75) is 13.0 Å². The molecule has 1 unspecified atom stereocenters. The molecule has 0 bridgehead atoms. The molecule has 4 nitrogen and oxygen atoms in total. The molecule has 0 radical (unpaired) electrons. The highest BCUT2D eigenvalue weighted by Crippen LogP contribution is 2.30. The van der Waals surface area contributed by atoms with E-state index in [1.54, 1.807) is 18.2 Å². The van der Waals surface area contributed by atoms with Crippen molar-refractivity contribution in [2.75, 3.05) is 5.32 Å². The molecule has 1 aromatic heterocycles. The molecular formula is C18H15FN2O2S. The van der Waals surface area contributed by atoms with Gasteiger partial charge in [-0.15, -0.1) is 11.3 Å². The van der Waals surface area contributed by atoms with Gasteiger partial charge in [-0.3, -0.25) is 4.79 Å². The van der Waals surface area contributed by atoms with Gasteiger partial charge in [-0.05, 0) is 29.8 Å². The normalized spacial score (nSPS) is 12.0. The molecular weight excluding hydrogens is 327 g/mol. The van der Waals surface area contributed by atoms with E-state index in [2.05, 4.69) is 10.3 Å². The molecule has 1 heterocycles. The van der Waals surface area contributed by atoms with Gasteiger partial charge in [0.15, 0.2) is 0 Å². The van der Waals surface area contributed by atoms with E-state index in [0.717, 1.165) is 5.56 Å². The van der Waals surface area contributed by atoms with E-state index in [-0.39, 0.29) is 11.7 Å². The van der Waals surface area contributed by atoms with Gasteiger partial charge in [-0.25, -0.2) is 9.37 Å². The molecule has 0 spiro atoms. The average Bonchev–Trinajstić information content (AvgIpc) is 3.04. The van der Waals surface area contributed by atoms with E-state index in [9.17, 15) is 14.3 Å². The topological polar surface area (TPSA) is 62.2 Å². The first-order chi connectivity index (χ1) is 11.5. The number of aromatic nitrogens is 1. The van der Waals surface area contributed by atoms with E-state index >= 15 is 0 Å². The number of amides is 1. The smallest absolute Gasteiger partial charge is 0.221 e. The van der Waals surface area contributed by atoms with Gasteiger partial charge in [0.25, 0.3) is 0 Å². The molecule has 24 heavy (non-hydrogen) atoms. The molecule has 0 fully saturated rings. The summed E-state index contributed by atoms with van der Waals surface area (Å²) in [5.41, 5.74) is 2.83. The van der Waals surface area contributed by atoms with Crippen LogP contribution >= 0.6 is 11.3 Å². The number of aliphatic hydroxyl groups excluding tert-OH is 1. The second kappa shape index (κ2) is 6.90. The fourth-order valence-electron chi connectivity index (χ4n) is 2.29. The summed E-state index contributed by atoms with van der Waals surface area (Å²) >= 11 is 1.33. The van der Waals surface area contributed by atoms with Crippen molar-refractivity contribution in [3.8, 4) is 11.3 Å². The molecule has 0 aliphatic heterocycles. The number of hydrogen-bond donors (Lipinski definition) is 2. The van der Waals surface area contributed by atoms with Crippen LogP contribution in [-0.2, 0) is 4.79 Å². The molecule has 1 amide bonds. The first-order valence-electron chi connectivity index (χ1n) is 7.30. The maximum absolute atomic E-state index is 13.0. The lowest BCUT2D eigenvalue weighted by molar-refractivity contribution is -0.114. The number of carbonyl (C=O) groups excluding carboxylic acids is 1. The standard InChI is InChI=1S/C18H15FN2O2S/c1-11(22)20-15-4-2-3-13(9-15)16-10-24-18(21-16)17(23)12-5-7-14(19)8-6-12/h2-10,17,23H,1H3,(H,20,22). The van der Waals surface area contributed by atoms with Crippen LogP contribution in [0.1, 0.15) is 23.6 Å². The number of nitrogens with one attached hydrogen (secondary N) is 1. The monoisotopic (exact) mass is 342 g/mol. The van der Waals surface area contributed by atoms with Gasteiger partial charge in [-0.1, -0.05) is 24.3 Å². The number of halogens is 1. The number of carbonyl (C=O) groups is 1. The van der Waals surface area contributed by atoms with E-state index < -0.39 is 6.10 Å². The van der Waals surface area contributed by atoms with Crippen LogP contribution in [0.25, 0.3) is 11.3 Å². The predicted molar refractivity (Wildman–Crippen MR) is 92.3 cm³/mol. The first kappa shape index (κ1) is 16.3. The summed E-state index contributed by atoms with van der Waals surface area (Å²) in [5.74, 6) is -0.488. The second-order valence-electron chi connectivity index (χ2n) is 5.29. The molecule has 0 aliphatic rings. The molecule has 0 saturated carbocycles. The Bertz CT molecular complexity index is 861. The molecule has 1 atom stereocenters. The number of nitrogens with zero attached hydrogens (tertiary/aromatic N) is 1. The zero-order chi connectivity index (χ0) is 17.1. The van der Waals surface area contributed by atoms with E-state index in [1.165, 1.54) is 30.4 Å². The van der Waals surface area contributed by atoms with Crippen LogP contribution < -0.4 is 5.32 Å². The SMILES string of the molecule is CC(=O)Nc1cccc(-c2csc(C(O)c3ccc(F)cc3)n2)c1. The van der Waals surface area contributed by atoms with E-state index in [0.29, 0.717) is 22.0 Å². The average molecular weight is 342 g/mol. The summed E-state index contributed by atoms with van der Waals surface area (Å²) in [7, 11) is 0. The third-order valence-corrected chi connectivity index (χ3v) is 4.32. The Balaban J connectivity index is 1.85. The Morgan fingerprint density at radius 3 is 2.71 bits per heavy atom. The van der Waals surface area contributed by atoms with Crippen molar-refractivity contribution in [3.63, 3.8) is 0 Å². The summed E-state index contributed by atoms with van der Waals surface area (Å²) in [6.45, 7) is 1.45. The van der Waals surface area contributed by atoms with Gasteiger partial charge in [0, 0.05) is 23.6 Å². The summed E-state index contributed by atoms with van der Waals surface area (Å²) < 4.78 is 13.0. The van der Waals surface area contributed by atoms with Gasteiger partial charge in [0.2, 0.25) is 5.91 Å². The highest BCUT2D eigenvalue weighted by Gasteiger charge is 2.15. The quantitative estimate of drug-likeness (QED) is 0.754. The Kier molecular flexibility index (Phi) is 4.69. The van der Waals surface area contributed by atoms with Gasteiger partial charge in [-0.2, -0.15) is 0 Å². The van der Waals surface area contributed by atoms with E-state index in [1.807, 2.05) is 23.6 Å². The van der Waals surface area contributed by atoms with Crippen molar-refractivity contribution in [1.29, 1.82) is 0 Å². The van der Waals surface area contributed by atoms with Gasteiger partial charge >= 0.3 is 0 Å². The van der Waals surface area contributed by atoms with Crippen molar-refractivity contribution in [1.82, 2.24) is 4.98 Å². The molecule has 2 N–H and O–H groups in total. The Morgan fingerprint density at radius 1 is 1.25 bits per heavy atom. The zero-order valence-electron chi connectivity index (χ0n) is 12.9. The summed E-state index contributed by atoms with van der Waals surface area (Å²) in [6, 6.07) is 13.0. The maximum Gasteiger partial charge on any atom is 0.221 e. The number of rotatable bonds is 4. The maximum atomic E-state index is 13.0. The van der Waals surface area contributed by atoms with Crippen LogP contribution in [0.3, 0.4) is 0 Å². The largest absolute Gasteiger partial charge is 0.381 e. The highest BCUT2D eigenvalue weighted by atomic mass is 32.1. The van der Waals surface area contributed by atoms with Crippen molar-refractivity contribution in [3.05, 3.63) is 70.3 Å². The third kappa shape index (κ3) is 3.67. The summed E-state index contributed by atoms with van der Waals surface area (Å²) in [5, 5.41) is 15.5. The van der Waals surface area contributed by atoms with Crippen LogP contribution in [0, 0.1) is 5.82 Å². The molecule has 0 saturated heterocycles. The minimum absolute atomic E-state index is 0.141. The summed E-state index contributed by atoms with van der Waals surface area (Å²) in [4.78, 5) is 15.6. The van der Waals surface area contributed by atoms with Crippen molar-refractivity contribution >= 4 is 22.9 Å². The van der Waals surface area contributed by atoms with Crippen molar-refractivity contribution in [2.24, 2.45) is 0 Å². The number of aliphatic hydroxyl groups is 1. The van der Waals surface area contributed by atoms with Gasteiger partial charge in [0.05, 0.1) is 5.69 Å². The lowest BCUT2D eigenvalue weighted by Crippen LogP contribution is -2.05. The van der Waals surface area contributed by atoms with Gasteiger partial charge in [0.1, 0.15) is 16.9 Å². The molecule has 2 aromatic carbocycles. The van der Waals surface area contributed by atoms with Crippen LogP contribution in [0.4, 0.5) is 10.1 Å². The molecule has 3 aromatic rings. The minimum atomic E-state index is -0.900. The predicted octanol–water partition coefficient (Wildman–Crippen LogP) is 3.99. The highest BCUT2D eigenvalue weighted by molar-refractivity contribution is 7.10. The number of anilines is 1. The van der Waals surface area contributed by atoms with Crippen LogP contribution in [-0.4, -0.2) is 16.0 Å². The Morgan fingerprint density at radius 2 is 2.00 bits per heavy atom. The minimum Gasteiger partial charge on any atom is -0.381 e. The van der Waals surface area contributed by atoms with Crippen molar-refractivity contribution < 1.29 is 14.3 Å². The lowest BCUT2D eigenvalue weighted by Gasteiger charge is -2.07. The molecule has 6 heteroatoms. The zero-order valence-corrected chi connectivity index (χ0v) is 13.7. The first-order valence-corrected chi connectivity index (χ1v) is 8.18. The summed E-state index contributed by atoms with van der Waals surface area (Å²) in [6.07, 6.45) is -0.900. The number of benzene rings is 2. The molecule has 0 aliphatic carbocycles. The van der Waals surface area contributed by atoms with Gasteiger partial charge < -0.3 is 10.4 Å². The van der Waals surface area contributed by atoms with Crippen LogP contribution in [0.15, 0.2) is 53.9 Å². The molecule has 122 valence electrons. The number of thiazole rings is 1. The Labute approximate surface area is 142 Å². The fourth-order valence-corrected chi connectivity index (χ4v) is 3.13. The fraction of sp³-hybridized carbons (Fsp3) is 0.111. The molecule has 3 rings (SSSR count). The van der Waals surface area contributed by atoms with Crippen LogP contribution in [0.2, 0.25) is 0 Å². The third-order valence-electron chi connectivity index (χ3n) is 3.42. The lowest BCUT2D eigenvalue weighted by atomic mass is 10.1. The number of hydrogen-bond acceptors (Lipinski definition) is 4. The van der Waals surface area contributed by atoms with Crippen LogP contribution in [0.5, 0.6) is 0 Å². The second-order valence-corrected chi connectivity index (χ2v) is 6.18.